The Balaban J connectivity index is 4.11. The summed E-state index contributed by atoms with van der Waals surface area (Å²) in [5, 5.41) is 3.23. The molecule has 0 aliphatic heterocycles. The molecule has 84 valence electrons. The second kappa shape index (κ2) is 4.43. The molecule has 0 bridgehead atoms. The van der Waals surface area contributed by atoms with Crippen LogP contribution < -0.4 is 5.32 Å². The van der Waals surface area contributed by atoms with Gasteiger partial charge in [-0.2, -0.15) is 0 Å². The summed E-state index contributed by atoms with van der Waals surface area (Å²) < 4.78 is 0. The highest BCUT2D eigenvalue weighted by molar-refractivity contribution is 5.83. The number of nitrogens with one attached hydrogen (secondary N) is 1. The van der Waals surface area contributed by atoms with Crippen molar-refractivity contribution in [1.29, 1.82) is 0 Å². The predicted molar refractivity (Wildman–Crippen MR) is 61.4 cm³/mol. The zero-order chi connectivity index (χ0) is 11.6. The summed E-state index contributed by atoms with van der Waals surface area (Å²) in [6, 6.07) is 0. The monoisotopic (exact) mass is 199 g/mol. The van der Waals surface area contributed by atoms with Crippen molar-refractivity contribution < 1.29 is 4.79 Å². The van der Waals surface area contributed by atoms with Gasteiger partial charge < -0.3 is 5.32 Å². The van der Waals surface area contributed by atoms with Gasteiger partial charge in [0.25, 0.3) is 0 Å². The van der Waals surface area contributed by atoms with E-state index >= 15 is 0 Å². The molecule has 0 amide bonds. The van der Waals surface area contributed by atoms with E-state index in [1.54, 1.807) is 0 Å². The molecule has 0 radical (unpaired) electrons. The van der Waals surface area contributed by atoms with Gasteiger partial charge in [0.15, 0.2) is 0 Å². The van der Waals surface area contributed by atoms with Crippen molar-refractivity contribution in [3.63, 3.8) is 0 Å². The van der Waals surface area contributed by atoms with Crippen LogP contribution in [0.15, 0.2) is 0 Å². The van der Waals surface area contributed by atoms with Crippen molar-refractivity contribution in [2.75, 3.05) is 6.54 Å². The van der Waals surface area contributed by atoms with Gasteiger partial charge in [-0.1, -0.05) is 27.7 Å². The van der Waals surface area contributed by atoms with Crippen LogP contribution >= 0.6 is 0 Å². The Kier molecular flexibility index (Phi) is 4.32. The highest BCUT2D eigenvalue weighted by Gasteiger charge is 2.26. The Labute approximate surface area is 88.5 Å². The van der Waals surface area contributed by atoms with Crippen LogP contribution in [0.5, 0.6) is 0 Å². The Morgan fingerprint density at radius 2 is 1.57 bits per heavy atom. The van der Waals surface area contributed by atoms with E-state index in [0.29, 0.717) is 12.3 Å². The molecule has 1 unspecified atom stereocenters. The minimum Gasteiger partial charge on any atom is -0.305 e. The largest absolute Gasteiger partial charge is 0.305 e. The van der Waals surface area contributed by atoms with Crippen LogP contribution in [0.4, 0.5) is 0 Å². The van der Waals surface area contributed by atoms with Crippen LogP contribution in [-0.4, -0.2) is 17.9 Å². The van der Waals surface area contributed by atoms with Gasteiger partial charge in [-0.3, -0.25) is 4.79 Å². The molecule has 0 aromatic heterocycles. The van der Waals surface area contributed by atoms with Gasteiger partial charge in [-0.05, 0) is 26.2 Å². The van der Waals surface area contributed by atoms with E-state index in [2.05, 4.69) is 46.9 Å². The molecule has 14 heavy (non-hydrogen) atoms. The fourth-order valence-corrected chi connectivity index (χ4v) is 0.988. The fraction of sp³-hybridized carbons (Fsp3) is 0.917. The van der Waals surface area contributed by atoms with Crippen molar-refractivity contribution in [2.24, 2.45) is 11.3 Å². The SMILES string of the molecule is CC(C(=O)CNC(C)(C)C)C(C)(C)C. The maximum atomic E-state index is 11.8. The lowest BCUT2D eigenvalue weighted by atomic mass is 9.79. The third-order valence-corrected chi connectivity index (χ3v) is 2.57. The van der Waals surface area contributed by atoms with Crippen molar-refractivity contribution >= 4 is 5.78 Å². The van der Waals surface area contributed by atoms with Crippen LogP contribution in [-0.2, 0) is 4.79 Å². The number of carbonyl (C=O) groups is 1. The maximum absolute atomic E-state index is 11.8. The zero-order valence-corrected chi connectivity index (χ0v) is 10.7. The summed E-state index contributed by atoms with van der Waals surface area (Å²) in [5.74, 6) is 0.407. The normalized spacial score (nSPS) is 15.4. The van der Waals surface area contributed by atoms with Gasteiger partial charge in [0.05, 0.1) is 6.54 Å². The van der Waals surface area contributed by atoms with Crippen molar-refractivity contribution in [1.82, 2.24) is 5.32 Å². The first-order chi connectivity index (χ1) is 6.04. The van der Waals surface area contributed by atoms with E-state index < -0.39 is 0 Å². The first-order valence-corrected chi connectivity index (χ1v) is 5.32. The minimum atomic E-state index is 0.0211. The Morgan fingerprint density at radius 3 is 1.86 bits per heavy atom. The number of rotatable bonds is 3. The first kappa shape index (κ1) is 13.6. The Bertz CT molecular complexity index is 195. The first-order valence-electron chi connectivity index (χ1n) is 5.32. The van der Waals surface area contributed by atoms with E-state index in [1.165, 1.54) is 0 Å². The van der Waals surface area contributed by atoms with Gasteiger partial charge >= 0.3 is 0 Å². The molecule has 0 spiro atoms. The number of hydrogen-bond donors (Lipinski definition) is 1. The van der Waals surface area contributed by atoms with E-state index in [4.69, 9.17) is 0 Å². The van der Waals surface area contributed by atoms with Crippen LogP contribution in [0.25, 0.3) is 0 Å². The number of Topliss-reactive ketones (excluding diaryl/α,β-unsaturated/α-hetero) is 1. The second-order valence-corrected chi connectivity index (χ2v) is 6.16. The molecule has 0 saturated carbocycles. The summed E-state index contributed by atoms with van der Waals surface area (Å²) in [4.78, 5) is 11.8. The molecule has 0 saturated heterocycles. The number of ketones is 1. The van der Waals surface area contributed by atoms with E-state index in [1.807, 2.05) is 6.92 Å². The lowest BCUT2D eigenvalue weighted by Gasteiger charge is -2.28. The smallest absolute Gasteiger partial charge is 0.149 e. The summed E-state index contributed by atoms with van der Waals surface area (Å²) in [6.45, 7) is 15.0. The molecule has 0 fully saturated rings. The molecule has 0 heterocycles. The third kappa shape index (κ3) is 5.38. The van der Waals surface area contributed by atoms with Gasteiger partial charge in [0.2, 0.25) is 0 Å². The van der Waals surface area contributed by atoms with Crippen molar-refractivity contribution in [3.05, 3.63) is 0 Å². The Hall–Kier alpha value is -0.370. The van der Waals surface area contributed by atoms with Gasteiger partial charge in [-0.15, -0.1) is 0 Å². The number of carbonyl (C=O) groups excluding carboxylic acids is 1. The molecule has 0 aromatic carbocycles. The van der Waals surface area contributed by atoms with E-state index in [9.17, 15) is 4.79 Å². The summed E-state index contributed by atoms with van der Waals surface area (Å²) in [5.41, 5.74) is 0.0872. The average Bonchev–Trinajstić information content (AvgIpc) is 1.95. The van der Waals surface area contributed by atoms with Crippen molar-refractivity contribution in [2.45, 2.75) is 54.0 Å². The van der Waals surface area contributed by atoms with Crippen LogP contribution in [0, 0.1) is 11.3 Å². The van der Waals surface area contributed by atoms with Crippen LogP contribution in [0.3, 0.4) is 0 Å². The number of hydrogen-bond acceptors (Lipinski definition) is 2. The predicted octanol–water partition coefficient (Wildman–Crippen LogP) is 2.63. The quantitative estimate of drug-likeness (QED) is 0.757. The Morgan fingerprint density at radius 1 is 1.14 bits per heavy atom. The lowest BCUT2D eigenvalue weighted by Crippen LogP contribution is -2.42. The molecule has 2 heteroatoms. The second-order valence-electron chi connectivity index (χ2n) is 6.16. The molecular weight excluding hydrogens is 174 g/mol. The summed E-state index contributed by atoms with van der Waals surface area (Å²) in [7, 11) is 0. The molecule has 1 N–H and O–H groups in total. The van der Waals surface area contributed by atoms with Crippen molar-refractivity contribution in [3.8, 4) is 0 Å². The third-order valence-electron chi connectivity index (χ3n) is 2.57. The standard InChI is InChI=1S/C12H25NO/c1-9(11(2,3)4)10(14)8-13-12(5,6)7/h9,13H,8H2,1-7H3. The molecule has 0 aromatic rings. The van der Waals surface area contributed by atoms with E-state index in [-0.39, 0.29) is 16.9 Å². The minimum absolute atomic E-state index is 0.0211. The summed E-state index contributed by atoms with van der Waals surface area (Å²) >= 11 is 0. The lowest BCUT2D eigenvalue weighted by molar-refractivity contribution is -0.124. The molecule has 1 atom stereocenters. The van der Waals surface area contributed by atoms with Gasteiger partial charge in [-0.25, -0.2) is 0 Å². The van der Waals surface area contributed by atoms with E-state index in [0.717, 1.165) is 0 Å². The fourth-order valence-electron chi connectivity index (χ4n) is 0.988. The topological polar surface area (TPSA) is 29.1 Å². The summed E-state index contributed by atoms with van der Waals surface area (Å²) in [6.07, 6.45) is 0. The average molecular weight is 199 g/mol. The molecule has 0 rings (SSSR count). The van der Waals surface area contributed by atoms with Crippen LogP contribution in [0.2, 0.25) is 0 Å². The highest BCUT2D eigenvalue weighted by Crippen LogP contribution is 2.25. The molecule has 2 nitrogen and oxygen atoms in total. The maximum Gasteiger partial charge on any atom is 0.149 e. The van der Waals surface area contributed by atoms with Gasteiger partial charge in [0.1, 0.15) is 5.78 Å². The molecule has 0 aliphatic rings. The molecular formula is C12H25NO. The zero-order valence-electron chi connectivity index (χ0n) is 10.7. The highest BCUT2D eigenvalue weighted by atomic mass is 16.1. The van der Waals surface area contributed by atoms with Crippen LogP contribution in [0.1, 0.15) is 48.5 Å². The molecule has 0 aliphatic carbocycles. The van der Waals surface area contributed by atoms with Gasteiger partial charge in [0, 0.05) is 11.5 Å².